The summed E-state index contributed by atoms with van der Waals surface area (Å²) >= 11 is 0. The van der Waals surface area contributed by atoms with Gasteiger partial charge in [-0.1, -0.05) is 19.8 Å². The minimum atomic E-state index is 0.553. The largest absolute Gasteiger partial charge is 0.258 e. The van der Waals surface area contributed by atoms with Gasteiger partial charge in [0.15, 0.2) is 0 Å². The molecule has 1 N–H and O–H groups in total. The third kappa shape index (κ3) is 9.52. The lowest BCUT2D eigenvalue weighted by molar-refractivity contribution is 0.734. The maximum atomic E-state index is 6.93. The second-order valence-corrected chi connectivity index (χ2v) is 3.02. The molecule has 1 nitrogen and oxygen atoms in total. The average Bonchev–Trinajstić information content (AvgIpc) is 2.10. The smallest absolute Gasteiger partial charge is 0.0100 e. The van der Waals surface area contributed by atoms with E-state index in [9.17, 15) is 0 Å². The fourth-order valence-corrected chi connectivity index (χ4v) is 0.979. The van der Waals surface area contributed by atoms with Crippen molar-refractivity contribution >= 4 is 0 Å². The van der Waals surface area contributed by atoms with E-state index in [4.69, 9.17) is 5.73 Å². The number of hydrogen-bond donors (Lipinski definition) is 0. The van der Waals surface area contributed by atoms with E-state index < -0.39 is 0 Å². The van der Waals surface area contributed by atoms with E-state index in [0.29, 0.717) is 6.54 Å². The lowest BCUT2D eigenvalue weighted by atomic mass is 10.2. The van der Waals surface area contributed by atoms with Crippen LogP contribution in [0.5, 0.6) is 0 Å². The molecule has 69 valence electrons. The normalized spacial score (nSPS) is 9.17. The summed E-state index contributed by atoms with van der Waals surface area (Å²) < 4.78 is 0. The summed E-state index contributed by atoms with van der Waals surface area (Å²) in [6, 6.07) is 0. The van der Waals surface area contributed by atoms with Gasteiger partial charge in [-0.25, -0.2) is 0 Å². The van der Waals surface area contributed by atoms with E-state index in [1.54, 1.807) is 0 Å². The van der Waals surface area contributed by atoms with Crippen molar-refractivity contribution in [2.45, 2.75) is 51.9 Å². The van der Waals surface area contributed by atoms with Gasteiger partial charge in [0.2, 0.25) is 0 Å². The minimum Gasteiger partial charge on any atom is -0.258 e. The van der Waals surface area contributed by atoms with Gasteiger partial charge in [-0.3, -0.25) is 5.73 Å². The van der Waals surface area contributed by atoms with Gasteiger partial charge >= 0.3 is 0 Å². The molecule has 0 fully saturated rings. The Morgan fingerprint density at radius 1 is 0.917 bits per heavy atom. The van der Waals surface area contributed by atoms with Crippen LogP contribution in [0.1, 0.15) is 51.9 Å². The van der Waals surface area contributed by atoms with Crippen molar-refractivity contribution in [3.63, 3.8) is 0 Å². The van der Waals surface area contributed by atoms with Crippen molar-refractivity contribution in [2.24, 2.45) is 0 Å². The Morgan fingerprint density at radius 3 is 2.00 bits per heavy atom. The van der Waals surface area contributed by atoms with Crippen LogP contribution >= 0.6 is 0 Å². The van der Waals surface area contributed by atoms with Crippen LogP contribution < -0.4 is 5.73 Å². The lowest BCUT2D eigenvalue weighted by Crippen LogP contribution is -1.83. The van der Waals surface area contributed by atoms with Gasteiger partial charge in [-0.15, -0.1) is 11.8 Å². The molecule has 0 bridgehead atoms. The zero-order chi connectivity index (χ0) is 9.07. The van der Waals surface area contributed by atoms with E-state index in [1.165, 1.54) is 19.3 Å². The van der Waals surface area contributed by atoms with Gasteiger partial charge in [0, 0.05) is 19.4 Å². The molecule has 0 atom stereocenters. The molecular formula is C11H20N. The Hall–Kier alpha value is -0.480. The molecule has 0 aromatic heterocycles. The van der Waals surface area contributed by atoms with E-state index in [-0.39, 0.29) is 0 Å². The molecule has 0 aromatic carbocycles. The first-order valence-electron chi connectivity index (χ1n) is 5.02. The van der Waals surface area contributed by atoms with Gasteiger partial charge in [0.05, 0.1) is 0 Å². The number of rotatable bonds is 6. The van der Waals surface area contributed by atoms with Crippen molar-refractivity contribution in [3.05, 3.63) is 0 Å². The second kappa shape index (κ2) is 10.5. The number of unbranched alkanes of at least 4 members (excludes halogenated alkanes) is 5. The highest BCUT2D eigenvalue weighted by molar-refractivity contribution is 4.98. The topological polar surface area (TPSA) is 23.8 Å². The highest BCUT2D eigenvalue weighted by atomic mass is 14.5. The molecule has 0 aliphatic heterocycles. The van der Waals surface area contributed by atoms with E-state index in [0.717, 1.165) is 25.7 Å². The summed E-state index contributed by atoms with van der Waals surface area (Å²) in [6.07, 6.45) is 8.00. The summed E-state index contributed by atoms with van der Waals surface area (Å²) in [7, 11) is 0. The Kier molecular flexibility index (Phi) is 10.1. The van der Waals surface area contributed by atoms with Gasteiger partial charge in [0.25, 0.3) is 0 Å². The Morgan fingerprint density at radius 2 is 1.50 bits per heavy atom. The van der Waals surface area contributed by atoms with Crippen LogP contribution in [0.4, 0.5) is 0 Å². The van der Waals surface area contributed by atoms with Gasteiger partial charge < -0.3 is 0 Å². The maximum absolute atomic E-state index is 6.93. The quantitative estimate of drug-likeness (QED) is 0.428. The van der Waals surface area contributed by atoms with Crippen LogP contribution in [0.15, 0.2) is 0 Å². The molecule has 0 aliphatic carbocycles. The maximum Gasteiger partial charge on any atom is 0.0100 e. The summed E-state index contributed by atoms with van der Waals surface area (Å²) in [5.74, 6) is 6.31. The highest BCUT2D eigenvalue weighted by Crippen LogP contribution is 1.97. The number of nitrogens with one attached hydrogen (secondary N) is 1. The van der Waals surface area contributed by atoms with Crippen LogP contribution in [0, 0.1) is 11.8 Å². The molecule has 0 aliphatic rings. The van der Waals surface area contributed by atoms with Crippen molar-refractivity contribution in [2.75, 3.05) is 6.54 Å². The summed E-state index contributed by atoms with van der Waals surface area (Å²) in [5, 5.41) is 0. The van der Waals surface area contributed by atoms with E-state index >= 15 is 0 Å². The first-order chi connectivity index (χ1) is 5.91. The lowest BCUT2D eigenvalue weighted by Gasteiger charge is -1.89. The molecule has 1 heteroatoms. The Labute approximate surface area is 76.7 Å². The van der Waals surface area contributed by atoms with Crippen molar-refractivity contribution in [1.29, 1.82) is 0 Å². The van der Waals surface area contributed by atoms with Gasteiger partial charge in [0.1, 0.15) is 0 Å². The van der Waals surface area contributed by atoms with Gasteiger partial charge in [-0.05, 0) is 19.3 Å². The molecule has 0 aromatic rings. The Bertz CT molecular complexity index is 116. The zero-order valence-corrected chi connectivity index (χ0v) is 8.16. The SMILES string of the molecule is CCCCCC#CCCCC[NH]. The molecular weight excluding hydrogens is 146 g/mol. The van der Waals surface area contributed by atoms with E-state index in [1.807, 2.05) is 0 Å². The van der Waals surface area contributed by atoms with E-state index in [2.05, 4.69) is 18.8 Å². The summed E-state index contributed by atoms with van der Waals surface area (Å²) in [4.78, 5) is 0. The molecule has 0 rings (SSSR count). The highest BCUT2D eigenvalue weighted by Gasteiger charge is 1.82. The van der Waals surface area contributed by atoms with Crippen LogP contribution in [0.2, 0.25) is 0 Å². The monoisotopic (exact) mass is 166 g/mol. The third-order valence-electron chi connectivity index (χ3n) is 1.76. The summed E-state index contributed by atoms with van der Waals surface area (Å²) in [6.45, 7) is 2.76. The predicted molar refractivity (Wildman–Crippen MR) is 53.7 cm³/mol. The molecule has 0 saturated carbocycles. The predicted octanol–water partition coefficient (Wildman–Crippen LogP) is 3.02. The molecule has 0 spiro atoms. The van der Waals surface area contributed by atoms with Crippen molar-refractivity contribution < 1.29 is 0 Å². The first-order valence-corrected chi connectivity index (χ1v) is 5.02. The Balaban J connectivity index is 3.01. The van der Waals surface area contributed by atoms with Crippen LogP contribution in [-0.4, -0.2) is 6.54 Å². The number of hydrogen-bond acceptors (Lipinski definition) is 0. The van der Waals surface area contributed by atoms with Crippen LogP contribution in [0.3, 0.4) is 0 Å². The molecule has 0 saturated heterocycles. The first kappa shape index (κ1) is 11.5. The molecule has 0 amide bonds. The molecule has 0 unspecified atom stereocenters. The molecule has 0 heterocycles. The third-order valence-corrected chi connectivity index (χ3v) is 1.76. The standard InChI is InChI=1S/C11H20N/c1-2-3-4-5-6-7-8-9-10-11-12/h12H,2-5,8-11H2,1H3. The fourth-order valence-electron chi connectivity index (χ4n) is 0.979. The van der Waals surface area contributed by atoms with Crippen LogP contribution in [0.25, 0.3) is 0 Å². The zero-order valence-electron chi connectivity index (χ0n) is 8.16. The fraction of sp³-hybridized carbons (Fsp3) is 0.818. The van der Waals surface area contributed by atoms with Gasteiger partial charge in [-0.2, -0.15) is 0 Å². The van der Waals surface area contributed by atoms with Crippen LogP contribution in [-0.2, 0) is 0 Å². The average molecular weight is 166 g/mol. The van der Waals surface area contributed by atoms with Crippen molar-refractivity contribution in [3.8, 4) is 11.8 Å². The summed E-state index contributed by atoms with van der Waals surface area (Å²) in [5.41, 5.74) is 6.93. The second-order valence-electron chi connectivity index (χ2n) is 3.02. The molecule has 12 heavy (non-hydrogen) atoms. The van der Waals surface area contributed by atoms with Crippen molar-refractivity contribution in [1.82, 2.24) is 5.73 Å². The molecule has 1 radical (unpaired) electrons. The minimum absolute atomic E-state index is 0.553.